The first-order valence-corrected chi connectivity index (χ1v) is 7.71. The first-order chi connectivity index (χ1) is 9.11. The van der Waals surface area contributed by atoms with Gasteiger partial charge in [-0.05, 0) is 58.9 Å². The van der Waals surface area contributed by atoms with Gasteiger partial charge in [0.25, 0.3) is 0 Å². The van der Waals surface area contributed by atoms with Crippen LogP contribution in [0.2, 0.25) is 0 Å². The van der Waals surface area contributed by atoms with Crippen molar-refractivity contribution in [1.82, 2.24) is 10.2 Å². The fraction of sp³-hybridized carbons (Fsp3) is 0.933. The van der Waals surface area contributed by atoms with Crippen LogP contribution in [0.3, 0.4) is 0 Å². The van der Waals surface area contributed by atoms with Crippen molar-refractivity contribution in [2.45, 2.75) is 52.5 Å². The number of hydrogen-bond donors (Lipinski definition) is 1. The Labute approximate surface area is 117 Å². The Bertz CT molecular complexity index is 257. The number of piperidine rings is 1. The predicted molar refractivity (Wildman–Crippen MR) is 78.2 cm³/mol. The highest BCUT2D eigenvalue weighted by atomic mass is 16.5. The third-order valence-corrected chi connectivity index (χ3v) is 3.53. The van der Waals surface area contributed by atoms with E-state index < -0.39 is 0 Å². The lowest BCUT2D eigenvalue weighted by atomic mass is 9.93. The van der Waals surface area contributed by atoms with Crippen LogP contribution in [0.25, 0.3) is 0 Å². The molecule has 0 aliphatic carbocycles. The minimum atomic E-state index is 0.157. The highest BCUT2D eigenvalue weighted by molar-refractivity contribution is 5.78. The molecule has 1 heterocycles. The Morgan fingerprint density at radius 1 is 1.47 bits per heavy atom. The van der Waals surface area contributed by atoms with Crippen molar-refractivity contribution < 1.29 is 9.53 Å². The van der Waals surface area contributed by atoms with Crippen LogP contribution in [0.15, 0.2) is 0 Å². The summed E-state index contributed by atoms with van der Waals surface area (Å²) in [5.41, 5.74) is 0. The van der Waals surface area contributed by atoms with Gasteiger partial charge in [0.15, 0.2) is 0 Å². The molecule has 1 atom stereocenters. The quantitative estimate of drug-likeness (QED) is 0.686. The topological polar surface area (TPSA) is 41.6 Å². The lowest BCUT2D eigenvalue weighted by Crippen LogP contribution is -2.44. The van der Waals surface area contributed by atoms with E-state index >= 15 is 0 Å². The van der Waals surface area contributed by atoms with Gasteiger partial charge < -0.3 is 10.1 Å². The van der Waals surface area contributed by atoms with Gasteiger partial charge in [-0.3, -0.25) is 9.69 Å². The van der Waals surface area contributed by atoms with E-state index in [0.717, 1.165) is 38.6 Å². The van der Waals surface area contributed by atoms with Crippen molar-refractivity contribution >= 4 is 5.91 Å². The largest absolute Gasteiger partial charge is 0.382 e. The molecule has 1 aliphatic rings. The summed E-state index contributed by atoms with van der Waals surface area (Å²) in [7, 11) is 0. The first-order valence-electron chi connectivity index (χ1n) is 7.71. The van der Waals surface area contributed by atoms with Crippen LogP contribution in [0.1, 0.15) is 46.5 Å². The molecule has 0 aromatic rings. The molecule has 1 amide bonds. The van der Waals surface area contributed by atoms with E-state index in [1.54, 1.807) is 0 Å². The average Bonchev–Trinajstić information content (AvgIpc) is 2.34. The Morgan fingerprint density at radius 3 is 2.95 bits per heavy atom. The molecular formula is C15H30N2O2. The second kappa shape index (κ2) is 9.32. The summed E-state index contributed by atoms with van der Waals surface area (Å²) in [6.45, 7) is 10.4. The molecule has 0 saturated carbocycles. The zero-order valence-electron chi connectivity index (χ0n) is 12.8. The summed E-state index contributed by atoms with van der Waals surface area (Å²) in [4.78, 5) is 14.1. The number of rotatable bonds is 8. The summed E-state index contributed by atoms with van der Waals surface area (Å²) >= 11 is 0. The highest BCUT2D eigenvalue weighted by Gasteiger charge is 2.21. The van der Waals surface area contributed by atoms with Crippen LogP contribution in [-0.2, 0) is 9.53 Å². The van der Waals surface area contributed by atoms with Gasteiger partial charge in [0.1, 0.15) is 0 Å². The lowest BCUT2D eigenvalue weighted by Gasteiger charge is -2.32. The third kappa shape index (κ3) is 7.53. The zero-order chi connectivity index (χ0) is 14.1. The van der Waals surface area contributed by atoms with Crippen LogP contribution in [0.4, 0.5) is 0 Å². The van der Waals surface area contributed by atoms with Crippen molar-refractivity contribution in [1.29, 1.82) is 0 Å². The number of hydrogen-bond acceptors (Lipinski definition) is 3. The maximum atomic E-state index is 11.8. The van der Waals surface area contributed by atoms with Gasteiger partial charge in [0, 0.05) is 25.8 Å². The molecule has 4 nitrogen and oxygen atoms in total. The number of amides is 1. The normalized spacial score (nSPS) is 20.7. The van der Waals surface area contributed by atoms with E-state index in [1.807, 2.05) is 20.8 Å². The Hall–Kier alpha value is -0.610. The Kier molecular flexibility index (Phi) is 8.07. The van der Waals surface area contributed by atoms with Crippen LogP contribution in [0, 0.1) is 5.92 Å². The van der Waals surface area contributed by atoms with Gasteiger partial charge >= 0.3 is 0 Å². The summed E-state index contributed by atoms with van der Waals surface area (Å²) in [5.74, 6) is 0.894. The minimum absolute atomic E-state index is 0.157. The van der Waals surface area contributed by atoms with E-state index in [-0.39, 0.29) is 11.9 Å². The van der Waals surface area contributed by atoms with Crippen molar-refractivity contribution in [3.8, 4) is 0 Å². The van der Waals surface area contributed by atoms with Crippen molar-refractivity contribution in [3.05, 3.63) is 0 Å². The maximum absolute atomic E-state index is 11.8. The van der Waals surface area contributed by atoms with E-state index in [4.69, 9.17) is 4.74 Å². The van der Waals surface area contributed by atoms with Gasteiger partial charge in [0.05, 0.1) is 6.54 Å². The standard InChI is InChI=1S/C15H30N2O2/c1-4-19-10-6-8-14-7-5-9-17(11-14)12-15(18)16-13(2)3/h13-14H,4-12H2,1-3H3,(H,16,18)/t14-/m1/s1. The molecule has 1 N–H and O–H groups in total. The van der Waals surface area contributed by atoms with Crippen molar-refractivity contribution in [2.75, 3.05) is 32.8 Å². The lowest BCUT2D eigenvalue weighted by molar-refractivity contribution is -0.123. The zero-order valence-corrected chi connectivity index (χ0v) is 12.8. The van der Waals surface area contributed by atoms with Gasteiger partial charge in [-0.25, -0.2) is 0 Å². The molecule has 0 radical (unpaired) electrons. The molecule has 0 unspecified atom stereocenters. The van der Waals surface area contributed by atoms with Crippen molar-refractivity contribution in [3.63, 3.8) is 0 Å². The van der Waals surface area contributed by atoms with Gasteiger partial charge in [0.2, 0.25) is 5.91 Å². The average molecular weight is 270 g/mol. The number of nitrogens with zero attached hydrogens (tertiary/aromatic N) is 1. The molecule has 112 valence electrons. The van der Waals surface area contributed by atoms with Crippen molar-refractivity contribution in [2.24, 2.45) is 5.92 Å². The fourth-order valence-corrected chi connectivity index (χ4v) is 2.72. The first kappa shape index (κ1) is 16.4. The molecule has 1 saturated heterocycles. The highest BCUT2D eigenvalue weighted by Crippen LogP contribution is 2.20. The molecular weight excluding hydrogens is 240 g/mol. The molecule has 1 fully saturated rings. The van der Waals surface area contributed by atoms with E-state index in [0.29, 0.717) is 6.54 Å². The summed E-state index contributed by atoms with van der Waals surface area (Å²) in [5, 5.41) is 2.96. The van der Waals surface area contributed by atoms with Gasteiger partial charge in [-0.2, -0.15) is 0 Å². The predicted octanol–water partition coefficient (Wildman–Crippen LogP) is 2.04. The Balaban J connectivity index is 2.20. The second-order valence-electron chi connectivity index (χ2n) is 5.80. The second-order valence-corrected chi connectivity index (χ2v) is 5.80. The molecule has 4 heteroatoms. The molecule has 1 aliphatic heterocycles. The Morgan fingerprint density at radius 2 is 2.26 bits per heavy atom. The van der Waals surface area contributed by atoms with E-state index in [9.17, 15) is 4.79 Å². The third-order valence-electron chi connectivity index (χ3n) is 3.53. The summed E-state index contributed by atoms with van der Waals surface area (Å²) < 4.78 is 5.38. The van der Waals surface area contributed by atoms with Crippen LogP contribution in [-0.4, -0.2) is 49.7 Å². The van der Waals surface area contributed by atoms with E-state index in [2.05, 4.69) is 10.2 Å². The summed E-state index contributed by atoms with van der Waals surface area (Å²) in [6, 6.07) is 0.235. The number of nitrogens with one attached hydrogen (secondary N) is 1. The molecule has 0 aromatic carbocycles. The number of ether oxygens (including phenoxy) is 1. The number of carbonyl (C=O) groups is 1. The molecule has 19 heavy (non-hydrogen) atoms. The fourth-order valence-electron chi connectivity index (χ4n) is 2.72. The summed E-state index contributed by atoms with van der Waals surface area (Å²) in [6.07, 6.45) is 4.88. The van der Waals surface area contributed by atoms with Crippen LogP contribution in [0.5, 0.6) is 0 Å². The molecule has 0 spiro atoms. The molecule has 1 rings (SSSR count). The van der Waals surface area contributed by atoms with Gasteiger partial charge in [-0.15, -0.1) is 0 Å². The molecule has 0 bridgehead atoms. The maximum Gasteiger partial charge on any atom is 0.234 e. The monoisotopic (exact) mass is 270 g/mol. The van der Waals surface area contributed by atoms with E-state index in [1.165, 1.54) is 19.3 Å². The van der Waals surface area contributed by atoms with Crippen LogP contribution < -0.4 is 5.32 Å². The minimum Gasteiger partial charge on any atom is -0.382 e. The van der Waals surface area contributed by atoms with Crippen LogP contribution >= 0.6 is 0 Å². The SMILES string of the molecule is CCOCCC[C@H]1CCCN(CC(=O)NC(C)C)C1. The smallest absolute Gasteiger partial charge is 0.234 e. The number of likely N-dealkylation sites (tertiary alicyclic amines) is 1. The number of carbonyl (C=O) groups excluding carboxylic acids is 1. The van der Waals surface area contributed by atoms with Gasteiger partial charge in [-0.1, -0.05) is 0 Å². The molecule has 0 aromatic heterocycles.